The topological polar surface area (TPSA) is 114 Å². The number of pyridine rings is 1. The number of sulfone groups is 1. The zero-order chi connectivity index (χ0) is 27.5. The molecule has 0 radical (unpaired) electrons. The van der Waals surface area contributed by atoms with Gasteiger partial charge in [0.25, 0.3) is 5.91 Å². The molecule has 38 heavy (non-hydrogen) atoms. The maximum absolute atomic E-state index is 13.4. The number of hydrogen-bond donors (Lipinski definition) is 3. The molecule has 4 rings (SSSR count). The zero-order valence-electron chi connectivity index (χ0n) is 20.3. The summed E-state index contributed by atoms with van der Waals surface area (Å²) in [5.41, 5.74) is -3.05. The number of nitrogens with one attached hydrogen (secondary N) is 3. The predicted molar refractivity (Wildman–Crippen MR) is 140 cm³/mol. The molecule has 1 fully saturated rings. The number of carbonyl (C=O) groups is 1. The van der Waals surface area contributed by atoms with Crippen molar-refractivity contribution in [3.05, 3.63) is 47.8 Å². The molecule has 3 heterocycles. The van der Waals surface area contributed by atoms with Crippen LogP contribution in [0.1, 0.15) is 22.5 Å². The van der Waals surface area contributed by atoms with Crippen LogP contribution >= 0.6 is 11.8 Å². The van der Waals surface area contributed by atoms with Crippen molar-refractivity contribution in [3.63, 3.8) is 0 Å². The molecule has 3 N–H and O–H groups in total. The number of halogens is 3. The largest absolute Gasteiger partial charge is 0.495 e. The third-order valence-electron chi connectivity index (χ3n) is 5.68. The molecule has 202 valence electrons. The minimum Gasteiger partial charge on any atom is -0.495 e. The number of fused-ring (bicyclic) bond motifs is 1. The molecule has 3 aromatic rings. The molecule has 9 nitrogen and oxygen atoms in total. The lowest BCUT2D eigenvalue weighted by Gasteiger charge is -2.13. The van der Waals surface area contributed by atoms with Crippen LogP contribution in [0.4, 0.5) is 24.5 Å². The highest BCUT2D eigenvalue weighted by molar-refractivity contribution is 8.00. The van der Waals surface area contributed by atoms with Gasteiger partial charge in [-0.1, -0.05) is 5.92 Å². The van der Waals surface area contributed by atoms with E-state index in [0.717, 1.165) is 0 Å². The van der Waals surface area contributed by atoms with E-state index in [2.05, 4.69) is 32.8 Å². The van der Waals surface area contributed by atoms with Gasteiger partial charge in [0.05, 0.1) is 36.5 Å². The summed E-state index contributed by atoms with van der Waals surface area (Å²) in [6.45, 7) is 0.0602. The van der Waals surface area contributed by atoms with Crippen molar-refractivity contribution in [2.75, 3.05) is 42.8 Å². The van der Waals surface area contributed by atoms with E-state index < -0.39 is 15.3 Å². The van der Waals surface area contributed by atoms with E-state index in [9.17, 15) is 26.4 Å². The molecule has 0 spiro atoms. The lowest BCUT2D eigenvalue weighted by atomic mass is 10.1. The van der Waals surface area contributed by atoms with Crippen molar-refractivity contribution in [1.82, 2.24) is 14.7 Å². The summed E-state index contributed by atoms with van der Waals surface area (Å²) >= 11 is -0.322. The molecule has 1 saturated heterocycles. The Morgan fingerprint density at radius 1 is 1.29 bits per heavy atom. The van der Waals surface area contributed by atoms with Gasteiger partial charge in [0.2, 0.25) is 0 Å². The fourth-order valence-corrected chi connectivity index (χ4v) is 6.30. The second-order valence-electron chi connectivity index (χ2n) is 8.32. The van der Waals surface area contributed by atoms with Crippen molar-refractivity contribution < 1.29 is 31.1 Å². The van der Waals surface area contributed by atoms with Gasteiger partial charge in [-0.05, 0) is 42.7 Å². The van der Waals surface area contributed by atoms with Crippen molar-refractivity contribution in [3.8, 4) is 17.6 Å². The second kappa shape index (κ2) is 11.0. The summed E-state index contributed by atoms with van der Waals surface area (Å²) in [6.07, 6.45) is 1.86. The van der Waals surface area contributed by atoms with E-state index in [-0.39, 0.29) is 58.1 Å². The maximum Gasteiger partial charge on any atom is 0.447 e. The molecule has 1 aliphatic rings. The number of nitrogens with zero attached hydrogens (tertiary/aromatic N) is 2. The summed E-state index contributed by atoms with van der Waals surface area (Å²) in [5.74, 6) is 5.63. The fourth-order valence-electron chi connectivity index (χ4n) is 3.97. The van der Waals surface area contributed by atoms with E-state index in [1.807, 2.05) is 0 Å². The Bertz CT molecular complexity index is 1530. The molecule has 2 aromatic heterocycles. The Hall–Kier alpha value is -3.57. The Balaban J connectivity index is 1.60. The van der Waals surface area contributed by atoms with Gasteiger partial charge in [-0.2, -0.15) is 13.2 Å². The Morgan fingerprint density at radius 2 is 2.08 bits per heavy atom. The maximum atomic E-state index is 13.4. The van der Waals surface area contributed by atoms with Crippen LogP contribution in [0.3, 0.4) is 0 Å². The van der Waals surface area contributed by atoms with Crippen LogP contribution in [0.25, 0.3) is 5.65 Å². The number of carbonyl (C=O) groups excluding carboxylic acids is 1. The molecular weight excluding hydrogens is 543 g/mol. The summed E-state index contributed by atoms with van der Waals surface area (Å²) in [6, 6.07) is 7.64. The van der Waals surface area contributed by atoms with Gasteiger partial charge in [0, 0.05) is 36.6 Å². The quantitative estimate of drug-likeness (QED) is 0.294. The number of ether oxygens (including phenoxy) is 1. The Kier molecular flexibility index (Phi) is 7.98. The summed E-state index contributed by atoms with van der Waals surface area (Å²) < 4.78 is 70.4. The minimum absolute atomic E-state index is 0.0508. The third-order valence-corrected chi connectivity index (χ3v) is 8.26. The number of anilines is 2. The highest BCUT2D eigenvalue weighted by Crippen LogP contribution is 2.39. The van der Waals surface area contributed by atoms with E-state index >= 15 is 0 Å². The zero-order valence-corrected chi connectivity index (χ0v) is 22.0. The second-order valence-corrected chi connectivity index (χ2v) is 11.6. The van der Waals surface area contributed by atoms with Gasteiger partial charge in [-0.15, -0.1) is 0 Å². The van der Waals surface area contributed by atoms with E-state index in [1.54, 1.807) is 30.3 Å². The Labute approximate surface area is 221 Å². The molecule has 0 saturated carbocycles. The average molecular weight is 568 g/mol. The van der Waals surface area contributed by atoms with Gasteiger partial charge in [-0.3, -0.25) is 9.20 Å². The smallest absolute Gasteiger partial charge is 0.447 e. The summed E-state index contributed by atoms with van der Waals surface area (Å²) in [7, 11) is -0.186. The highest BCUT2D eigenvalue weighted by Gasteiger charge is 2.33. The lowest BCUT2D eigenvalue weighted by Crippen LogP contribution is -2.21. The number of amides is 1. The molecule has 1 aliphatic heterocycles. The molecular formula is C24H24F3N5O4S2. The highest BCUT2D eigenvalue weighted by atomic mass is 32.2. The lowest BCUT2D eigenvalue weighted by molar-refractivity contribution is -0.0330. The minimum atomic E-state index is -4.58. The summed E-state index contributed by atoms with van der Waals surface area (Å²) in [4.78, 5) is 16.2. The average Bonchev–Trinajstić information content (AvgIpc) is 3.39. The summed E-state index contributed by atoms with van der Waals surface area (Å²) in [5, 5.41) is 8.45. The number of methoxy groups -OCH3 is 1. The molecule has 14 heteroatoms. The van der Waals surface area contributed by atoms with Crippen LogP contribution in [0.2, 0.25) is 0 Å². The first-order valence-corrected chi connectivity index (χ1v) is 14.0. The molecule has 1 unspecified atom stereocenters. The Morgan fingerprint density at radius 3 is 2.74 bits per heavy atom. The van der Waals surface area contributed by atoms with Crippen LogP contribution in [0.15, 0.2) is 41.6 Å². The van der Waals surface area contributed by atoms with Crippen molar-refractivity contribution in [2.45, 2.75) is 23.0 Å². The monoisotopic (exact) mass is 567 g/mol. The number of hydrogen-bond acceptors (Lipinski definition) is 8. The van der Waals surface area contributed by atoms with Gasteiger partial charge in [0.1, 0.15) is 16.5 Å². The normalized spacial score (nSPS) is 16.5. The SMILES string of the molecule is CNC(=O)c1ccc(NCC#Cc2nc3c(NC4CCS(=O)(=O)C4)cccn3c2SC(F)(F)F)c(OC)c1. The molecule has 1 amide bonds. The third kappa shape index (κ3) is 6.46. The van der Waals surface area contributed by atoms with Crippen LogP contribution in [-0.2, 0) is 9.84 Å². The molecule has 0 aliphatic carbocycles. The molecule has 1 aromatic carbocycles. The van der Waals surface area contributed by atoms with Gasteiger partial charge >= 0.3 is 5.51 Å². The van der Waals surface area contributed by atoms with Gasteiger partial charge in [-0.25, -0.2) is 13.4 Å². The number of imidazole rings is 1. The number of rotatable bonds is 7. The number of benzene rings is 1. The molecule has 0 bridgehead atoms. The number of thioether (sulfide) groups is 1. The van der Waals surface area contributed by atoms with Crippen LogP contribution < -0.4 is 20.7 Å². The van der Waals surface area contributed by atoms with Crippen molar-refractivity contribution in [1.29, 1.82) is 0 Å². The number of alkyl halides is 3. The van der Waals surface area contributed by atoms with E-state index in [4.69, 9.17) is 4.74 Å². The van der Waals surface area contributed by atoms with E-state index in [1.165, 1.54) is 24.8 Å². The van der Waals surface area contributed by atoms with Crippen molar-refractivity contribution >= 4 is 44.5 Å². The number of aromatic nitrogens is 2. The fraction of sp³-hybridized carbons (Fsp3) is 0.333. The van der Waals surface area contributed by atoms with Gasteiger partial charge < -0.3 is 20.7 Å². The van der Waals surface area contributed by atoms with Crippen LogP contribution in [0.5, 0.6) is 5.75 Å². The first-order valence-electron chi connectivity index (χ1n) is 11.4. The first kappa shape index (κ1) is 27.5. The van der Waals surface area contributed by atoms with Crippen LogP contribution in [0, 0.1) is 11.8 Å². The van der Waals surface area contributed by atoms with Crippen molar-refractivity contribution in [2.24, 2.45) is 0 Å². The molecule has 1 atom stereocenters. The first-order chi connectivity index (χ1) is 18.0. The van der Waals surface area contributed by atoms with Crippen LogP contribution in [-0.4, -0.2) is 67.5 Å². The standard InChI is InChI=1S/C24H24F3N5O4S2/c1-28-22(33)15-7-8-17(20(13-15)36-2)29-10-3-5-19-23(37-24(25,26)27)32-11-4-6-18(21(32)31-19)30-16-9-12-38(34,35)14-16/h4,6-8,11,13,16,29-30H,9-10,12,14H2,1-2H3,(H,28,33). The predicted octanol–water partition coefficient (Wildman–Crippen LogP) is 3.38. The van der Waals surface area contributed by atoms with E-state index in [0.29, 0.717) is 29.1 Å². The van der Waals surface area contributed by atoms with Gasteiger partial charge in [0.15, 0.2) is 15.5 Å².